The highest BCUT2D eigenvalue weighted by molar-refractivity contribution is 6.11. The number of aryl methyl sites for hydroxylation is 3. The van der Waals surface area contributed by atoms with Gasteiger partial charge < -0.3 is 5.11 Å². The second-order valence-electron chi connectivity index (χ2n) is 13.7. The van der Waals surface area contributed by atoms with Gasteiger partial charge in [0.05, 0.1) is 22.3 Å². The van der Waals surface area contributed by atoms with Crippen molar-refractivity contribution in [3.05, 3.63) is 196 Å². The Morgan fingerprint density at radius 3 is 1.96 bits per heavy atom. The van der Waals surface area contributed by atoms with E-state index in [9.17, 15) is 5.11 Å². The van der Waals surface area contributed by atoms with Gasteiger partial charge in [0.25, 0.3) is 0 Å². The summed E-state index contributed by atoms with van der Waals surface area (Å²) in [5.41, 5.74) is 15.0. The number of hydrogen-bond donors (Lipinski definition) is 1. The number of hydrogen-bond acceptors (Lipinski definition) is 3. The van der Waals surface area contributed by atoms with E-state index >= 15 is 0 Å². The van der Waals surface area contributed by atoms with Gasteiger partial charge >= 0.3 is 0 Å². The predicted molar refractivity (Wildman–Crippen MR) is 205 cm³/mol. The van der Waals surface area contributed by atoms with Crippen molar-refractivity contribution in [1.82, 2.24) is 9.97 Å². The lowest BCUT2D eigenvalue weighted by Crippen LogP contribution is -2.36. The molecule has 0 saturated carbocycles. The van der Waals surface area contributed by atoms with E-state index in [1.807, 2.05) is 30.5 Å². The van der Waals surface area contributed by atoms with Gasteiger partial charge in [-0.1, -0.05) is 109 Å². The van der Waals surface area contributed by atoms with E-state index in [-0.39, 0.29) is 5.75 Å². The van der Waals surface area contributed by atoms with Crippen molar-refractivity contribution < 1.29 is 5.11 Å². The van der Waals surface area contributed by atoms with Gasteiger partial charge in [-0.15, -0.1) is 0 Å². The fraction of sp³-hybridized carbons (Fsp3) is 0.106. The van der Waals surface area contributed by atoms with E-state index in [0.717, 1.165) is 50.6 Å². The van der Waals surface area contributed by atoms with Crippen LogP contribution in [0.4, 0.5) is 0 Å². The third-order valence-corrected chi connectivity index (χ3v) is 10.6. The average molecular weight is 645 g/mol. The number of benzene rings is 6. The van der Waals surface area contributed by atoms with Crippen molar-refractivity contribution in [1.29, 1.82) is 0 Å². The van der Waals surface area contributed by atoms with Crippen LogP contribution in [0.1, 0.15) is 50.2 Å². The molecular weight excluding hydrogens is 609 g/mol. The average Bonchev–Trinajstić information content (AvgIpc) is 3.13. The summed E-state index contributed by atoms with van der Waals surface area (Å²) in [6.45, 7) is 6.53. The summed E-state index contributed by atoms with van der Waals surface area (Å²) in [7, 11) is 0. The van der Waals surface area contributed by atoms with E-state index in [4.69, 9.17) is 9.97 Å². The number of aromatic nitrogens is 2. The lowest BCUT2D eigenvalue weighted by Gasteiger charge is -2.41. The summed E-state index contributed by atoms with van der Waals surface area (Å²) in [4.78, 5) is 10.5. The molecule has 2 aromatic heterocycles. The summed E-state index contributed by atoms with van der Waals surface area (Å²) in [5, 5.41) is 14.3. The fourth-order valence-corrected chi connectivity index (χ4v) is 8.63. The zero-order valence-electron chi connectivity index (χ0n) is 28.4. The molecule has 0 bridgehead atoms. The SMILES string of the molecule is Cc1cc(C)c(-c2cc(-c3ccccc3O)nc3c2ccc2ccc(C4(c5ccccn5)c5ccccc5Cc5ccccc54)cc23)c(C)c1. The summed E-state index contributed by atoms with van der Waals surface area (Å²) in [5.74, 6) is 0.216. The molecule has 0 radical (unpaired) electrons. The van der Waals surface area contributed by atoms with Gasteiger partial charge in [-0.3, -0.25) is 4.98 Å². The molecule has 6 aromatic carbocycles. The lowest BCUT2D eigenvalue weighted by molar-refractivity contribution is 0.477. The molecule has 9 rings (SSSR count). The lowest BCUT2D eigenvalue weighted by atomic mass is 9.61. The van der Waals surface area contributed by atoms with Crippen LogP contribution in [0.25, 0.3) is 44.1 Å². The zero-order valence-corrected chi connectivity index (χ0v) is 28.4. The van der Waals surface area contributed by atoms with Crippen LogP contribution in [-0.2, 0) is 11.8 Å². The Bertz CT molecular complexity index is 2550. The Kier molecular flexibility index (Phi) is 6.92. The summed E-state index contributed by atoms with van der Waals surface area (Å²) < 4.78 is 0. The Labute approximate surface area is 292 Å². The van der Waals surface area contributed by atoms with Crippen LogP contribution in [0.5, 0.6) is 5.75 Å². The number of rotatable bonds is 4. The minimum absolute atomic E-state index is 0.216. The molecule has 0 unspecified atom stereocenters. The molecule has 8 aromatic rings. The van der Waals surface area contributed by atoms with Crippen molar-refractivity contribution in [2.24, 2.45) is 0 Å². The van der Waals surface area contributed by atoms with Crippen LogP contribution in [0.15, 0.2) is 146 Å². The van der Waals surface area contributed by atoms with Crippen LogP contribution in [-0.4, -0.2) is 15.1 Å². The number of phenolic OH excluding ortho intramolecular Hbond substituents is 1. The minimum Gasteiger partial charge on any atom is -0.507 e. The molecule has 1 aliphatic carbocycles. The van der Waals surface area contributed by atoms with Gasteiger partial charge in [0.2, 0.25) is 0 Å². The highest BCUT2D eigenvalue weighted by Gasteiger charge is 2.44. The summed E-state index contributed by atoms with van der Waals surface area (Å²) in [6, 6.07) is 49.4. The van der Waals surface area contributed by atoms with Crippen molar-refractivity contribution in [2.45, 2.75) is 32.6 Å². The van der Waals surface area contributed by atoms with Gasteiger partial charge in [-0.05, 0) is 119 Å². The topological polar surface area (TPSA) is 46.0 Å². The van der Waals surface area contributed by atoms with Gasteiger partial charge in [-0.2, -0.15) is 0 Å². The van der Waals surface area contributed by atoms with Crippen LogP contribution < -0.4 is 0 Å². The molecule has 0 aliphatic heterocycles. The van der Waals surface area contributed by atoms with Crippen LogP contribution >= 0.6 is 0 Å². The van der Waals surface area contributed by atoms with Gasteiger partial charge in [-0.25, -0.2) is 4.98 Å². The molecule has 2 heterocycles. The largest absolute Gasteiger partial charge is 0.507 e. The molecule has 0 fully saturated rings. The van der Waals surface area contributed by atoms with E-state index in [2.05, 4.69) is 130 Å². The Morgan fingerprint density at radius 1 is 0.600 bits per heavy atom. The maximum Gasteiger partial charge on any atom is 0.124 e. The van der Waals surface area contributed by atoms with Crippen molar-refractivity contribution in [2.75, 3.05) is 0 Å². The van der Waals surface area contributed by atoms with Crippen molar-refractivity contribution in [3.8, 4) is 28.1 Å². The number of aromatic hydroxyl groups is 1. The molecule has 1 N–H and O–H groups in total. The number of fused-ring (bicyclic) bond motifs is 5. The molecule has 0 atom stereocenters. The Hall–Kier alpha value is -6.06. The molecule has 1 aliphatic rings. The van der Waals surface area contributed by atoms with E-state index < -0.39 is 5.41 Å². The van der Waals surface area contributed by atoms with Crippen LogP contribution in [0, 0.1) is 20.8 Å². The number of phenols is 1. The fourth-order valence-electron chi connectivity index (χ4n) is 8.63. The van der Waals surface area contributed by atoms with Crippen LogP contribution in [0.2, 0.25) is 0 Å². The number of nitrogens with zero attached hydrogens (tertiary/aromatic N) is 2. The van der Waals surface area contributed by atoms with Crippen molar-refractivity contribution in [3.63, 3.8) is 0 Å². The van der Waals surface area contributed by atoms with Gasteiger partial charge in [0.15, 0.2) is 0 Å². The standard InChI is InChI=1S/C47H36N2O/c1-29-24-30(2)45(31(3)25-29)39-28-42(37-14-6-9-17-43(37)50)49-46-36(39)22-20-32-19-21-35(27-38(32)46)47(44-18-10-11-23-48-44)40-15-7-4-12-33(40)26-34-13-5-8-16-41(34)47/h4-25,27-28,50H,26H2,1-3H3. The van der Waals surface area contributed by atoms with E-state index in [1.165, 1.54) is 44.5 Å². The molecule has 0 amide bonds. The molecule has 3 nitrogen and oxygen atoms in total. The molecule has 0 saturated heterocycles. The molecule has 240 valence electrons. The third kappa shape index (κ3) is 4.50. The summed E-state index contributed by atoms with van der Waals surface area (Å²) >= 11 is 0. The predicted octanol–water partition coefficient (Wildman–Crippen LogP) is 11.0. The van der Waals surface area contributed by atoms with Crippen molar-refractivity contribution >= 4 is 21.7 Å². The monoisotopic (exact) mass is 644 g/mol. The molecule has 0 spiro atoms. The first kappa shape index (κ1) is 30.0. The van der Waals surface area contributed by atoms with E-state index in [1.54, 1.807) is 6.07 Å². The maximum atomic E-state index is 11.1. The number of pyridine rings is 2. The minimum atomic E-state index is -0.634. The smallest absolute Gasteiger partial charge is 0.124 e. The highest BCUT2D eigenvalue weighted by atomic mass is 16.3. The number of para-hydroxylation sites is 1. The highest BCUT2D eigenvalue weighted by Crippen LogP contribution is 2.51. The Balaban J connectivity index is 1.42. The van der Waals surface area contributed by atoms with Gasteiger partial charge in [0, 0.05) is 22.5 Å². The zero-order chi connectivity index (χ0) is 34.0. The first-order chi connectivity index (χ1) is 24.4. The first-order valence-corrected chi connectivity index (χ1v) is 17.3. The Morgan fingerprint density at radius 2 is 1.26 bits per heavy atom. The second-order valence-corrected chi connectivity index (χ2v) is 13.7. The maximum absolute atomic E-state index is 11.1. The second kappa shape index (κ2) is 11.5. The quantitative estimate of drug-likeness (QED) is 0.194. The molecule has 50 heavy (non-hydrogen) atoms. The summed E-state index contributed by atoms with van der Waals surface area (Å²) in [6.07, 6.45) is 2.79. The van der Waals surface area contributed by atoms with Crippen LogP contribution in [0.3, 0.4) is 0 Å². The normalized spacial score (nSPS) is 13.3. The third-order valence-electron chi connectivity index (χ3n) is 10.6. The first-order valence-electron chi connectivity index (χ1n) is 17.3. The molecular formula is C47H36N2O. The molecule has 3 heteroatoms. The van der Waals surface area contributed by atoms with E-state index in [0.29, 0.717) is 5.56 Å². The van der Waals surface area contributed by atoms with Gasteiger partial charge in [0.1, 0.15) is 5.75 Å².